The number of rotatable bonds is 3. The van der Waals surface area contributed by atoms with Gasteiger partial charge in [-0.2, -0.15) is 5.10 Å². The van der Waals surface area contributed by atoms with Gasteiger partial charge in [-0.25, -0.2) is 0 Å². The van der Waals surface area contributed by atoms with Crippen molar-refractivity contribution in [2.75, 3.05) is 43.9 Å². The van der Waals surface area contributed by atoms with Gasteiger partial charge in [-0.1, -0.05) is 0 Å². The van der Waals surface area contributed by atoms with Gasteiger partial charge in [-0.05, 0) is 6.07 Å². The number of benzene rings is 1. The molecule has 24 heavy (non-hydrogen) atoms. The van der Waals surface area contributed by atoms with Gasteiger partial charge in [0.2, 0.25) is 5.91 Å². The van der Waals surface area contributed by atoms with Gasteiger partial charge in [0.15, 0.2) is 0 Å². The highest BCUT2D eigenvalue weighted by Gasteiger charge is 2.22. The molecule has 1 amide bonds. The smallest absolute Gasteiger partial charge is 0.219 e. The standard InChI is InChI=1S/C17H23N5O2/c1-12(23)21-4-6-22(7-5-21)16-9-17(24-3)15(18)8-14(16)13-10-19-20(2)11-13/h8-11H,4-7,18H2,1-3H3. The molecular formula is C17H23N5O2. The Labute approximate surface area is 141 Å². The van der Waals surface area contributed by atoms with E-state index in [4.69, 9.17) is 10.5 Å². The molecule has 1 aliphatic rings. The van der Waals surface area contributed by atoms with E-state index in [2.05, 4.69) is 10.00 Å². The van der Waals surface area contributed by atoms with E-state index >= 15 is 0 Å². The molecule has 2 aromatic rings. The zero-order chi connectivity index (χ0) is 17.3. The fourth-order valence-corrected chi connectivity index (χ4v) is 3.08. The number of nitrogens with zero attached hydrogens (tertiary/aromatic N) is 4. The highest BCUT2D eigenvalue weighted by Crippen LogP contribution is 2.38. The van der Waals surface area contributed by atoms with Crippen molar-refractivity contribution >= 4 is 17.3 Å². The topological polar surface area (TPSA) is 76.6 Å². The molecule has 128 valence electrons. The molecule has 7 nitrogen and oxygen atoms in total. The maximum absolute atomic E-state index is 11.5. The van der Waals surface area contributed by atoms with Gasteiger partial charge in [0.25, 0.3) is 0 Å². The summed E-state index contributed by atoms with van der Waals surface area (Å²) in [6, 6.07) is 3.91. The molecule has 7 heteroatoms. The zero-order valence-corrected chi connectivity index (χ0v) is 14.3. The predicted molar refractivity (Wildman–Crippen MR) is 94.1 cm³/mol. The SMILES string of the molecule is COc1cc(N2CCN(C(C)=O)CC2)c(-c2cnn(C)c2)cc1N. The molecule has 1 aliphatic heterocycles. The number of aromatic nitrogens is 2. The lowest BCUT2D eigenvalue weighted by molar-refractivity contribution is -0.129. The third-order valence-corrected chi connectivity index (χ3v) is 4.43. The van der Waals surface area contributed by atoms with E-state index in [0.29, 0.717) is 24.5 Å². The third kappa shape index (κ3) is 3.02. The molecule has 1 fully saturated rings. The number of methoxy groups -OCH3 is 1. The Morgan fingerprint density at radius 3 is 2.50 bits per heavy atom. The second-order valence-electron chi connectivity index (χ2n) is 6.01. The van der Waals surface area contributed by atoms with Crippen LogP contribution in [0.3, 0.4) is 0 Å². The van der Waals surface area contributed by atoms with E-state index in [1.807, 2.05) is 36.5 Å². The summed E-state index contributed by atoms with van der Waals surface area (Å²) < 4.78 is 7.17. The van der Waals surface area contributed by atoms with E-state index < -0.39 is 0 Å². The number of anilines is 2. The minimum Gasteiger partial charge on any atom is -0.495 e. The number of piperazine rings is 1. The number of carbonyl (C=O) groups excluding carboxylic acids is 1. The van der Waals surface area contributed by atoms with Gasteiger partial charge in [-0.15, -0.1) is 0 Å². The number of aryl methyl sites for hydroxylation is 1. The van der Waals surface area contributed by atoms with Crippen molar-refractivity contribution in [3.8, 4) is 16.9 Å². The third-order valence-electron chi connectivity index (χ3n) is 4.43. The number of nitrogen functional groups attached to an aromatic ring is 1. The van der Waals surface area contributed by atoms with Crippen molar-refractivity contribution in [3.63, 3.8) is 0 Å². The molecular weight excluding hydrogens is 306 g/mol. The summed E-state index contributed by atoms with van der Waals surface area (Å²) in [5, 5.41) is 4.26. The van der Waals surface area contributed by atoms with Crippen LogP contribution in [0, 0.1) is 0 Å². The molecule has 0 spiro atoms. The Bertz CT molecular complexity index is 747. The van der Waals surface area contributed by atoms with Crippen LogP contribution in [0.1, 0.15) is 6.92 Å². The van der Waals surface area contributed by atoms with Gasteiger partial charge in [0, 0.05) is 69.2 Å². The minimum absolute atomic E-state index is 0.122. The van der Waals surface area contributed by atoms with Crippen molar-refractivity contribution in [1.82, 2.24) is 14.7 Å². The minimum atomic E-state index is 0.122. The van der Waals surface area contributed by atoms with Crippen LogP contribution in [0.2, 0.25) is 0 Å². The number of amides is 1. The van der Waals surface area contributed by atoms with Crippen molar-refractivity contribution < 1.29 is 9.53 Å². The average molecular weight is 329 g/mol. The number of carbonyl (C=O) groups is 1. The Morgan fingerprint density at radius 2 is 1.96 bits per heavy atom. The zero-order valence-electron chi connectivity index (χ0n) is 14.3. The maximum atomic E-state index is 11.5. The summed E-state index contributed by atoms with van der Waals surface area (Å²) in [4.78, 5) is 15.7. The maximum Gasteiger partial charge on any atom is 0.219 e. The lowest BCUT2D eigenvalue weighted by atomic mass is 10.0. The quantitative estimate of drug-likeness (QED) is 0.860. The molecule has 1 aromatic heterocycles. The largest absolute Gasteiger partial charge is 0.495 e. The monoisotopic (exact) mass is 329 g/mol. The number of ether oxygens (including phenoxy) is 1. The lowest BCUT2D eigenvalue weighted by Crippen LogP contribution is -2.48. The Kier molecular flexibility index (Phi) is 4.33. The van der Waals surface area contributed by atoms with Crippen LogP contribution in [0.4, 0.5) is 11.4 Å². The van der Waals surface area contributed by atoms with Crippen LogP contribution in [0.5, 0.6) is 5.75 Å². The Balaban J connectivity index is 1.98. The molecule has 0 atom stereocenters. The van der Waals surface area contributed by atoms with Crippen LogP contribution in [-0.4, -0.2) is 53.9 Å². The second-order valence-corrected chi connectivity index (χ2v) is 6.01. The summed E-state index contributed by atoms with van der Waals surface area (Å²) in [7, 11) is 3.51. The van der Waals surface area contributed by atoms with Crippen LogP contribution in [-0.2, 0) is 11.8 Å². The summed E-state index contributed by atoms with van der Waals surface area (Å²) in [6.45, 7) is 4.60. The fraction of sp³-hybridized carbons (Fsp3) is 0.412. The van der Waals surface area contributed by atoms with Crippen molar-refractivity contribution in [2.24, 2.45) is 7.05 Å². The molecule has 3 rings (SSSR count). The van der Waals surface area contributed by atoms with Crippen LogP contribution >= 0.6 is 0 Å². The normalized spacial score (nSPS) is 14.8. The van der Waals surface area contributed by atoms with Crippen molar-refractivity contribution in [2.45, 2.75) is 6.92 Å². The Morgan fingerprint density at radius 1 is 1.25 bits per heavy atom. The number of hydrogen-bond acceptors (Lipinski definition) is 5. The average Bonchev–Trinajstić information content (AvgIpc) is 3.01. The van der Waals surface area contributed by atoms with Gasteiger partial charge in [0.05, 0.1) is 19.0 Å². The number of hydrogen-bond donors (Lipinski definition) is 1. The first kappa shape index (κ1) is 16.2. The first-order valence-corrected chi connectivity index (χ1v) is 7.96. The van der Waals surface area contributed by atoms with E-state index in [1.54, 1.807) is 18.7 Å². The Hall–Kier alpha value is -2.70. The van der Waals surface area contributed by atoms with Crippen molar-refractivity contribution in [1.29, 1.82) is 0 Å². The van der Waals surface area contributed by atoms with E-state index in [0.717, 1.165) is 29.9 Å². The first-order valence-electron chi connectivity index (χ1n) is 7.96. The molecule has 0 saturated carbocycles. The molecule has 0 unspecified atom stereocenters. The van der Waals surface area contributed by atoms with Gasteiger partial charge >= 0.3 is 0 Å². The molecule has 0 bridgehead atoms. The molecule has 2 heterocycles. The van der Waals surface area contributed by atoms with Crippen LogP contribution < -0.4 is 15.4 Å². The molecule has 0 radical (unpaired) electrons. The molecule has 0 aliphatic carbocycles. The van der Waals surface area contributed by atoms with Gasteiger partial charge in [0.1, 0.15) is 5.75 Å². The summed E-state index contributed by atoms with van der Waals surface area (Å²) in [5.41, 5.74) is 9.80. The van der Waals surface area contributed by atoms with E-state index in [-0.39, 0.29) is 5.91 Å². The summed E-state index contributed by atoms with van der Waals surface area (Å²) in [6.07, 6.45) is 3.80. The fourth-order valence-electron chi connectivity index (χ4n) is 3.08. The van der Waals surface area contributed by atoms with Crippen LogP contribution in [0.15, 0.2) is 24.5 Å². The summed E-state index contributed by atoms with van der Waals surface area (Å²) >= 11 is 0. The predicted octanol–water partition coefficient (Wildman–Crippen LogP) is 1.35. The highest BCUT2D eigenvalue weighted by atomic mass is 16.5. The summed E-state index contributed by atoms with van der Waals surface area (Å²) in [5.74, 6) is 0.781. The van der Waals surface area contributed by atoms with Gasteiger partial charge in [-0.3, -0.25) is 9.48 Å². The van der Waals surface area contributed by atoms with Gasteiger partial charge < -0.3 is 20.3 Å². The molecule has 1 aromatic carbocycles. The highest BCUT2D eigenvalue weighted by molar-refractivity contribution is 5.84. The lowest BCUT2D eigenvalue weighted by Gasteiger charge is -2.36. The van der Waals surface area contributed by atoms with E-state index in [1.165, 1.54) is 0 Å². The second kappa shape index (κ2) is 6.43. The first-order chi connectivity index (χ1) is 11.5. The van der Waals surface area contributed by atoms with Crippen LogP contribution in [0.25, 0.3) is 11.1 Å². The van der Waals surface area contributed by atoms with Crippen molar-refractivity contribution in [3.05, 3.63) is 24.5 Å². The molecule has 1 saturated heterocycles. The number of nitrogens with two attached hydrogens (primary N) is 1. The molecule has 2 N–H and O–H groups in total. The van der Waals surface area contributed by atoms with E-state index in [9.17, 15) is 4.79 Å².